The molecule has 3 rings (SSSR count). The Morgan fingerprint density at radius 2 is 2.00 bits per heavy atom. The molecule has 0 radical (unpaired) electrons. The van der Waals surface area contributed by atoms with Crippen LogP contribution in [0.4, 0.5) is 10.1 Å². The highest BCUT2D eigenvalue weighted by Crippen LogP contribution is 2.34. The number of hydrogen-bond donors (Lipinski definition) is 1. The second-order valence-corrected chi connectivity index (χ2v) is 5.13. The molecular weight excluding hydrogens is 233 g/mol. The van der Waals surface area contributed by atoms with Gasteiger partial charge in [-0.05, 0) is 31.8 Å². The van der Waals surface area contributed by atoms with Crippen molar-refractivity contribution in [2.24, 2.45) is 0 Å². The molecule has 2 saturated heterocycles. The Balaban J connectivity index is 1.68. The summed E-state index contributed by atoms with van der Waals surface area (Å²) < 4.78 is 19.0. The van der Waals surface area contributed by atoms with E-state index in [0.29, 0.717) is 17.3 Å². The minimum atomic E-state index is -0.263. The molecule has 18 heavy (non-hydrogen) atoms. The van der Waals surface area contributed by atoms with Crippen molar-refractivity contribution in [1.29, 1.82) is 0 Å². The van der Waals surface area contributed by atoms with Crippen LogP contribution >= 0.6 is 0 Å². The molecular formula is C13H18FN3O. The summed E-state index contributed by atoms with van der Waals surface area (Å²) in [6.07, 6.45) is 4.73. The molecule has 0 unspecified atom stereocenters. The Labute approximate surface area is 106 Å². The lowest BCUT2D eigenvalue weighted by Gasteiger charge is -2.41. The molecule has 2 N–H and O–H groups in total. The van der Waals surface area contributed by atoms with Crippen molar-refractivity contribution in [2.45, 2.75) is 24.8 Å². The van der Waals surface area contributed by atoms with Crippen LogP contribution in [0.25, 0.3) is 0 Å². The van der Waals surface area contributed by atoms with Gasteiger partial charge >= 0.3 is 0 Å². The zero-order valence-corrected chi connectivity index (χ0v) is 10.3. The van der Waals surface area contributed by atoms with Gasteiger partial charge in [0.1, 0.15) is 5.82 Å². The van der Waals surface area contributed by atoms with E-state index in [2.05, 4.69) is 9.88 Å². The number of nitrogens with zero attached hydrogens (tertiary/aromatic N) is 2. The molecule has 2 aliphatic heterocycles. The second-order valence-electron chi connectivity index (χ2n) is 5.13. The average Bonchev–Trinajstić information content (AvgIpc) is 2.29. The van der Waals surface area contributed by atoms with Crippen molar-refractivity contribution < 1.29 is 9.13 Å². The molecule has 0 aliphatic carbocycles. The number of likely N-dealkylation sites (tertiary alicyclic amines) is 1. The standard InChI is InChI=1S/C13H18FN3O/c14-11-5-16-6-12(15)13(11)9-1-3-17(4-2-9)10-7-18-8-10/h5-6,9-10H,1-4,7-8,15H2. The first-order valence-electron chi connectivity index (χ1n) is 6.46. The van der Waals surface area contributed by atoms with Gasteiger partial charge in [-0.3, -0.25) is 9.88 Å². The Morgan fingerprint density at radius 3 is 2.56 bits per heavy atom. The average molecular weight is 251 g/mol. The van der Waals surface area contributed by atoms with Gasteiger partial charge in [-0.15, -0.1) is 0 Å². The van der Waals surface area contributed by atoms with Gasteiger partial charge in [-0.1, -0.05) is 0 Å². The molecule has 1 aromatic heterocycles. The first-order valence-corrected chi connectivity index (χ1v) is 6.46. The normalized spacial score (nSPS) is 22.9. The van der Waals surface area contributed by atoms with E-state index >= 15 is 0 Å². The maximum absolute atomic E-state index is 13.8. The number of halogens is 1. The fourth-order valence-electron chi connectivity index (χ4n) is 2.88. The number of piperidine rings is 1. The zero-order chi connectivity index (χ0) is 12.5. The van der Waals surface area contributed by atoms with Crippen LogP contribution in [0.2, 0.25) is 0 Å². The molecule has 2 aliphatic rings. The van der Waals surface area contributed by atoms with E-state index < -0.39 is 0 Å². The third kappa shape index (κ3) is 2.08. The SMILES string of the molecule is Nc1cncc(F)c1C1CCN(C2COC2)CC1. The number of nitrogen functional groups attached to an aromatic ring is 1. The summed E-state index contributed by atoms with van der Waals surface area (Å²) in [6, 6.07) is 0.575. The summed E-state index contributed by atoms with van der Waals surface area (Å²) in [6.45, 7) is 3.69. The van der Waals surface area contributed by atoms with Crippen LogP contribution in [-0.4, -0.2) is 42.2 Å². The van der Waals surface area contributed by atoms with E-state index in [0.717, 1.165) is 39.1 Å². The fourth-order valence-corrected chi connectivity index (χ4v) is 2.88. The Kier molecular flexibility index (Phi) is 3.18. The molecule has 1 aromatic rings. The minimum absolute atomic E-state index is 0.227. The summed E-state index contributed by atoms with van der Waals surface area (Å²) >= 11 is 0. The van der Waals surface area contributed by atoms with Crippen molar-refractivity contribution >= 4 is 5.69 Å². The van der Waals surface area contributed by atoms with Crippen LogP contribution in [0.3, 0.4) is 0 Å². The maximum atomic E-state index is 13.8. The molecule has 0 aromatic carbocycles. The quantitative estimate of drug-likeness (QED) is 0.862. The van der Waals surface area contributed by atoms with Gasteiger partial charge < -0.3 is 10.5 Å². The number of aromatic nitrogens is 1. The lowest BCUT2D eigenvalue weighted by Crippen LogP contribution is -2.51. The number of pyridine rings is 1. The van der Waals surface area contributed by atoms with Crippen LogP contribution in [0.5, 0.6) is 0 Å². The lowest BCUT2D eigenvalue weighted by molar-refractivity contribution is -0.0713. The number of ether oxygens (including phenoxy) is 1. The molecule has 0 saturated carbocycles. The van der Waals surface area contributed by atoms with Gasteiger partial charge in [0.2, 0.25) is 0 Å². The van der Waals surface area contributed by atoms with E-state index in [-0.39, 0.29) is 11.7 Å². The third-order valence-corrected chi connectivity index (χ3v) is 4.04. The maximum Gasteiger partial charge on any atom is 0.147 e. The molecule has 0 atom stereocenters. The predicted molar refractivity (Wildman–Crippen MR) is 66.8 cm³/mol. The van der Waals surface area contributed by atoms with Gasteiger partial charge in [0.15, 0.2) is 0 Å². The predicted octanol–water partition coefficient (Wildman–Crippen LogP) is 1.38. The molecule has 2 fully saturated rings. The van der Waals surface area contributed by atoms with Crippen LogP contribution in [0.1, 0.15) is 24.3 Å². The van der Waals surface area contributed by atoms with Gasteiger partial charge in [0, 0.05) is 5.56 Å². The van der Waals surface area contributed by atoms with Gasteiger partial charge in [-0.25, -0.2) is 4.39 Å². The number of hydrogen-bond acceptors (Lipinski definition) is 4. The van der Waals surface area contributed by atoms with Crippen molar-refractivity contribution in [2.75, 3.05) is 32.0 Å². The molecule has 0 amide bonds. The van der Waals surface area contributed by atoms with E-state index in [1.54, 1.807) is 6.20 Å². The monoisotopic (exact) mass is 251 g/mol. The summed E-state index contributed by atoms with van der Waals surface area (Å²) in [5.41, 5.74) is 7.00. The lowest BCUT2D eigenvalue weighted by atomic mass is 9.88. The Hall–Kier alpha value is -1.20. The van der Waals surface area contributed by atoms with Crippen molar-refractivity contribution in [3.8, 4) is 0 Å². The molecule has 4 nitrogen and oxygen atoms in total. The molecule has 98 valence electrons. The van der Waals surface area contributed by atoms with Gasteiger partial charge in [0.05, 0.1) is 37.3 Å². The first-order chi connectivity index (χ1) is 8.75. The topological polar surface area (TPSA) is 51.4 Å². The number of anilines is 1. The minimum Gasteiger partial charge on any atom is -0.397 e. The molecule has 0 bridgehead atoms. The van der Waals surface area contributed by atoms with E-state index in [9.17, 15) is 4.39 Å². The van der Waals surface area contributed by atoms with Crippen molar-refractivity contribution in [3.05, 3.63) is 23.8 Å². The summed E-state index contributed by atoms with van der Waals surface area (Å²) in [5, 5.41) is 0. The van der Waals surface area contributed by atoms with E-state index in [4.69, 9.17) is 10.5 Å². The van der Waals surface area contributed by atoms with Gasteiger partial charge in [0.25, 0.3) is 0 Å². The summed E-state index contributed by atoms with van der Waals surface area (Å²) in [7, 11) is 0. The largest absolute Gasteiger partial charge is 0.397 e. The van der Waals surface area contributed by atoms with Crippen molar-refractivity contribution in [3.63, 3.8) is 0 Å². The summed E-state index contributed by atoms with van der Waals surface area (Å²) in [4.78, 5) is 6.22. The van der Waals surface area contributed by atoms with Crippen LogP contribution in [-0.2, 0) is 4.74 Å². The molecule has 0 spiro atoms. The highest BCUT2D eigenvalue weighted by atomic mass is 19.1. The van der Waals surface area contributed by atoms with E-state index in [1.165, 1.54) is 6.20 Å². The smallest absolute Gasteiger partial charge is 0.147 e. The second kappa shape index (κ2) is 4.82. The van der Waals surface area contributed by atoms with Crippen LogP contribution in [0, 0.1) is 5.82 Å². The first kappa shape index (κ1) is 11.9. The fraction of sp³-hybridized carbons (Fsp3) is 0.615. The van der Waals surface area contributed by atoms with Crippen LogP contribution < -0.4 is 5.73 Å². The zero-order valence-electron chi connectivity index (χ0n) is 10.3. The number of rotatable bonds is 2. The highest BCUT2D eigenvalue weighted by molar-refractivity contribution is 5.47. The number of nitrogens with two attached hydrogens (primary N) is 1. The Bertz CT molecular complexity index is 408. The highest BCUT2D eigenvalue weighted by Gasteiger charge is 2.31. The van der Waals surface area contributed by atoms with Crippen molar-refractivity contribution in [1.82, 2.24) is 9.88 Å². The van der Waals surface area contributed by atoms with Gasteiger partial charge in [-0.2, -0.15) is 0 Å². The third-order valence-electron chi connectivity index (χ3n) is 4.04. The Morgan fingerprint density at radius 1 is 1.28 bits per heavy atom. The van der Waals surface area contributed by atoms with Crippen LogP contribution in [0.15, 0.2) is 12.4 Å². The molecule has 3 heterocycles. The molecule has 5 heteroatoms. The summed E-state index contributed by atoms with van der Waals surface area (Å²) in [5.74, 6) is -0.0364. The van der Waals surface area contributed by atoms with E-state index in [1.807, 2.05) is 0 Å².